The molecule has 0 atom stereocenters. The molecule has 0 spiro atoms. The van der Waals surface area contributed by atoms with Crippen LogP contribution in [0.5, 0.6) is 0 Å². The topological polar surface area (TPSA) is 139 Å². The number of hydrogen-bond donors (Lipinski definition) is 1. The van der Waals surface area contributed by atoms with Crippen molar-refractivity contribution in [3.63, 3.8) is 0 Å². The number of carbonyl (C=O) groups is 1. The molecule has 3 aromatic heterocycles. The summed E-state index contributed by atoms with van der Waals surface area (Å²) in [7, 11) is -4.08. The van der Waals surface area contributed by atoms with Crippen molar-refractivity contribution in [3.8, 4) is 28.3 Å². The van der Waals surface area contributed by atoms with E-state index in [0.717, 1.165) is 17.8 Å². The molecule has 47 heavy (non-hydrogen) atoms. The Labute approximate surface area is 271 Å². The van der Waals surface area contributed by atoms with E-state index in [1.165, 1.54) is 15.2 Å². The fourth-order valence-electron chi connectivity index (χ4n) is 5.46. The predicted octanol–water partition coefficient (Wildman–Crippen LogP) is 4.48. The van der Waals surface area contributed by atoms with Crippen LogP contribution in [0, 0.1) is 11.6 Å². The lowest BCUT2D eigenvalue weighted by atomic mass is 10.0. The molecule has 4 aromatic rings. The SMILES string of the molecule is CC(C)(C)OC(=O)N1CCN(c2cnc(-n3cc(-c4cc(F)cc(NS(=O)(=O)N5CCCC5)c4F)c(-c4ccncc4)n3)nc2)CC1. The average Bonchev–Trinajstić information content (AvgIpc) is 3.74. The second kappa shape index (κ2) is 12.8. The van der Waals surface area contributed by atoms with Crippen LogP contribution >= 0.6 is 0 Å². The Morgan fingerprint density at radius 3 is 2.23 bits per heavy atom. The highest BCUT2D eigenvalue weighted by Crippen LogP contribution is 2.36. The highest BCUT2D eigenvalue weighted by molar-refractivity contribution is 7.90. The molecule has 2 aliphatic rings. The number of amides is 1. The normalized spacial score (nSPS) is 16.0. The zero-order valence-corrected chi connectivity index (χ0v) is 27.0. The zero-order valence-electron chi connectivity index (χ0n) is 26.2. The number of ether oxygens (including phenoxy) is 1. The molecular formula is C31H35F2N9O4S. The van der Waals surface area contributed by atoms with Crippen molar-refractivity contribution < 1.29 is 26.7 Å². The van der Waals surface area contributed by atoms with Crippen molar-refractivity contribution in [1.82, 2.24) is 33.9 Å². The summed E-state index contributed by atoms with van der Waals surface area (Å²) in [5, 5.41) is 4.62. The van der Waals surface area contributed by atoms with Crippen molar-refractivity contribution in [2.75, 3.05) is 48.9 Å². The van der Waals surface area contributed by atoms with Crippen molar-refractivity contribution in [3.05, 3.63) is 66.9 Å². The smallest absolute Gasteiger partial charge is 0.410 e. The maximum Gasteiger partial charge on any atom is 0.410 e. The molecule has 248 valence electrons. The van der Waals surface area contributed by atoms with Crippen molar-refractivity contribution in [2.24, 2.45) is 0 Å². The molecule has 13 nitrogen and oxygen atoms in total. The van der Waals surface area contributed by atoms with Gasteiger partial charge in [0.1, 0.15) is 17.1 Å². The average molecular weight is 668 g/mol. The Kier molecular flexibility index (Phi) is 8.80. The van der Waals surface area contributed by atoms with Crippen molar-refractivity contribution in [1.29, 1.82) is 0 Å². The lowest BCUT2D eigenvalue weighted by molar-refractivity contribution is 0.0240. The minimum Gasteiger partial charge on any atom is -0.444 e. The number of aromatic nitrogens is 5. The lowest BCUT2D eigenvalue weighted by Gasteiger charge is -2.36. The Bertz CT molecular complexity index is 1850. The van der Waals surface area contributed by atoms with Gasteiger partial charge in [-0.25, -0.2) is 28.2 Å². The number of nitrogens with one attached hydrogen (secondary N) is 1. The fraction of sp³-hybridized carbons (Fsp3) is 0.387. The first kappa shape index (κ1) is 32.2. The summed E-state index contributed by atoms with van der Waals surface area (Å²) < 4.78 is 67.0. The number of benzene rings is 1. The van der Waals surface area contributed by atoms with Crippen LogP contribution in [0.1, 0.15) is 33.6 Å². The summed E-state index contributed by atoms with van der Waals surface area (Å²) in [5.74, 6) is -1.61. The molecule has 1 N–H and O–H groups in total. The minimum absolute atomic E-state index is 0.175. The van der Waals surface area contributed by atoms with Crippen LogP contribution < -0.4 is 9.62 Å². The first-order valence-corrected chi connectivity index (χ1v) is 16.6. The summed E-state index contributed by atoms with van der Waals surface area (Å²) in [6.45, 7) is 8.16. The van der Waals surface area contributed by atoms with Gasteiger partial charge in [-0.15, -0.1) is 0 Å². The number of hydrogen-bond acceptors (Lipinski definition) is 9. The van der Waals surface area contributed by atoms with Gasteiger partial charge >= 0.3 is 16.3 Å². The second-order valence-corrected chi connectivity index (χ2v) is 14.0. The molecule has 0 aliphatic carbocycles. The number of anilines is 2. The van der Waals surface area contributed by atoms with Crippen LogP contribution in [0.15, 0.2) is 55.2 Å². The number of rotatable bonds is 7. The number of nitrogens with zero attached hydrogens (tertiary/aromatic N) is 8. The van der Waals surface area contributed by atoms with E-state index in [1.807, 2.05) is 20.8 Å². The lowest BCUT2D eigenvalue weighted by Crippen LogP contribution is -2.50. The Morgan fingerprint density at radius 1 is 0.936 bits per heavy atom. The van der Waals surface area contributed by atoms with Crippen molar-refractivity contribution in [2.45, 2.75) is 39.2 Å². The van der Waals surface area contributed by atoms with E-state index in [1.54, 1.807) is 41.8 Å². The van der Waals surface area contributed by atoms with E-state index in [2.05, 4.69) is 29.7 Å². The minimum atomic E-state index is -4.08. The Morgan fingerprint density at radius 2 is 1.60 bits per heavy atom. The van der Waals surface area contributed by atoms with Gasteiger partial charge in [-0.2, -0.15) is 17.8 Å². The van der Waals surface area contributed by atoms with E-state index >= 15 is 4.39 Å². The van der Waals surface area contributed by atoms with E-state index < -0.39 is 33.1 Å². The van der Waals surface area contributed by atoms with Gasteiger partial charge in [0.15, 0.2) is 5.82 Å². The number of pyridine rings is 1. The van der Waals surface area contributed by atoms with Gasteiger partial charge in [0.05, 0.1) is 23.8 Å². The second-order valence-electron chi connectivity index (χ2n) is 12.3. The monoisotopic (exact) mass is 667 g/mol. The maximum absolute atomic E-state index is 16.0. The number of carbonyl (C=O) groups excluding carboxylic acids is 1. The summed E-state index contributed by atoms with van der Waals surface area (Å²) in [6.07, 6.45) is 8.86. The van der Waals surface area contributed by atoms with Gasteiger partial charge < -0.3 is 14.5 Å². The summed E-state index contributed by atoms with van der Waals surface area (Å²) in [4.78, 5) is 29.2. The van der Waals surface area contributed by atoms with Crippen LogP contribution in [0.4, 0.5) is 25.0 Å². The van der Waals surface area contributed by atoms with Gasteiger partial charge in [0.25, 0.3) is 5.95 Å². The molecular weight excluding hydrogens is 632 g/mol. The summed E-state index contributed by atoms with van der Waals surface area (Å²) in [6, 6.07) is 5.16. The molecule has 5 heterocycles. The third-order valence-electron chi connectivity index (χ3n) is 7.77. The van der Waals surface area contributed by atoms with E-state index in [4.69, 9.17) is 4.74 Å². The summed E-state index contributed by atoms with van der Waals surface area (Å²) in [5.41, 5.74) is 0.516. The standard InChI is InChI=1S/C31H35F2N9O4S/c1-31(2,3)46-30(43)40-14-12-39(13-15-40)23-18-35-29(36-19-23)42-20-25(28(37-42)21-6-8-34-9-7-21)24-16-22(32)17-26(27(24)33)38-47(44,45)41-10-4-5-11-41/h6-9,16-20,38H,4-5,10-15H2,1-3H3. The highest BCUT2D eigenvalue weighted by Gasteiger charge is 2.29. The number of halogens is 2. The molecule has 0 bridgehead atoms. The molecule has 16 heteroatoms. The maximum atomic E-state index is 16.0. The Hall–Kier alpha value is -4.70. The molecule has 1 aromatic carbocycles. The van der Waals surface area contributed by atoms with Gasteiger partial charge in [0, 0.05) is 80.6 Å². The van der Waals surface area contributed by atoms with Gasteiger partial charge in [0.2, 0.25) is 0 Å². The van der Waals surface area contributed by atoms with Crippen LogP contribution in [0.3, 0.4) is 0 Å². The molecule has 0 saturated carbocycles. The quantitative estimate of drug-likeness (QED) is 0.302. The van der Waals surface area contributed by atoms with Gasteiger partial charge in [-0.3, -0.25) is 9.71 Å². The van der Waals surface area contributed by atoms with Crippen LogP contribution in [0.25, 0.3) is 28.3 Å². The molecule has 1 amide bonds. The number of piperazine rings is 1. The van der Waals surface area contributed by atoms with Crippen LogP contribution in [-0.2, 0) is 14.9 Å². The third-order valence-corrected chi connectivity index (χ3v) is 9.29. The largest absolute Gasteiger partial charge is 0.444 e. The first-order valence-electron chi connectivity index (χ1n) is 15.2. The zero-order chi connectivity index (χ0) is 33.3. The molecule has 6 rings (SSSR count). The molecule has 2 fully saturated rings. The van der Waals surface area contributed by atoms with E-state index in [9.17, 15) is 17.6 Å². The van der Waals surface area contributed by atoms with Crippen LogP contribution in [0.2, 0.25) is 0 Å². The third kappa shape index (κ3) is 7.17. The summed E-state index contributed by atoms with van der Waals surface area (Å²) >= 11 is 0. The fourth-order valence-corrected chi connectivity index (χ4v) is 6.75. The highest BCUT2D eigenvalue weighted by atomic mass is 32.2. The first-order chi connectivity index (χ1) is 22.4. The van der Waals surface area contributed by atoms with E-state index in [0.29, 0.717) is 57.7 Å². The van der Waals surface area contributed by atoms with Gasteiger partial charge in [-0.05, 0) is 51.8 Å². The van der Waals surface area contributed by atoms with Crippen LogP contribution in [-0.4, -0.2) is 93.3 Å². The van der Waals surface area contributed by atoms with E-state index in [-0.39, 0.29) is 28.9 Å². The van der Waals surface area contributed by atoms with Gasteiger partial charge in [-0.1, -0.05) is 0 Å². The molecule has 0 unspecified atom stereocenters. The molecule has 2 aliphatic heterocycles. The molecule has 2 saturated heterocycles. The predicted molar refractivity (Wildman–Crippen MR) is 171 cm³/mol. The van der Waals surface area contributed by atoms with Crippen molar-refractivity contribution >= 4 is 27.7 Å². The Balaban J connectivity index is 1.28. The molecule has 0 radical (unpaired) electrons.